The zero-order valence-electron chi connectivity index (χ0n) is 20.6. The van der Waals surface area contributed by atoms with Crippen molar-refractivity contribution >= 4 is 11.9 Å². The third kappa shape index (κ3) is 5.90. The van der Waals surface area contributed by atoms with Gasteiger partial charge in [-0.3, -0.25) is 9.69 Å². The SMILES string of the molecule is C#CCCC(=O)[C@@H](CCC)C(C)(OC)[C@@H]1CCN(C(=O)OC(C)(C)C)[C@]1(/C=C\C)OC. The molecule has 0 N–H and O–H groups in total. The highest BCUT2D eigenvalue weighted by Gasteiger charge is 2.60. The smallest absolute Gasteiger partial charge is 0.412 e. The number of hydrogen-bond acceptors (Lipinski definition) is 5. The van der Waals surface area contributed by atoms with Gasteiger partial charge in [0.1, 0.15) is 11.4 Å². The number of allylic oxidation sites excluding steroid dienone is 1. The molecule has 1 heterocycles. The number of ether oxygens (including phenoxy) is 3. The molecular formula is C25H41NO5. The van der Waals surface area contributed by atoms with E-state index >= 15 is 0 Å². The standard InChI is InChI=1S/C25H41NO5/c1-10-13-15-20(27)19(14-11-2)24(7,29-8)21-16-18-26(22(28)31-23(4,5)6)25(21,30-9)17-12-3/h1,12,17,19,21H,11,13-16,18H2,2-9H3/b17-12-/t19-,21+,24?,25-/m1/s1. The molecule has 4 atom stereocenters. The Hall–Kier alpha value is -1.84. The Morgan fingerprint density at radius 3 is 2.39 bits per heavy atom. The first-order valence-corrected chi connectivity index (χ1v) is 11.2. The molecule has 0 spiro atoms. The van der Waals surface area contributed by atoms with E-state index in [1.807, 2.05) is 46.8 Å². The van der Waals surface area contributed by atoms with Crippen LogP contribution in [0.2, 0.25) is 0 Å². The molecule has 0 aliphatic carbocycles. The van der Waals surface area contributed by atoms with Crippen LogP contribution in [0.4, 0.5) is 4.79 Å². The first-order chi connectivity index (χ1) is 14.5. The van der Waals surface area contributed by atoms with Crippen LogP contribution in [-0.4, -0.2) is 54.5 Å². The van der Waals surface area contributed by atoms with Gasteiger partial charge in [-0.05, 0) is 53.5 Å². The molecule has 0 bridgehead atoms. The zero-order chi connectivity index (χ0) is 23.9. The number of amides is 1. The number of carbonyl (C=O) groups excluding carboxylic acids is 2. The van der Waals surface area contributed by atoms with Crippen molar-refractivity contribution < 1.29 is 23.8 Å². The molecule has 6 heteroatoms. The number of hydrogen-bond donors (Lipinski definition) is 0. The van der Waals surface area contributed by atoms with Crippen molar-refractivity contribution in [1.29, 1.82) is 0 Å². The highest BCUT2D eigenvalue weighted by atomic mass is 16.6. The van der Waals surface area contributed by atoms with Crippen molar-refractivity contribution in [2.45, 2.75) is 90.6 Å². The summed E-state index contributed by atoms with van der Waals surface area (Å²) in [5.74, 6) is 2.01. The van der Waals surface area contributed by atoms with Gasteiger partial charge in [0, 0.05) is 45.4 Å². The Morgan fingerprint density at radius 1 is 1.29 bits per heavy atom. The van der Waals surface area contributed by atoms with E-state index in [2.05, 4.69) is 12.8 Å². The lowest BCUT2D eigenvalue weighted by Gasteiger charge is -2.48. The fraction of sp³-hybridized carbons (Fsp3) is 0.760. The highest BCUT2D eigenvalue weighted by Crippen LogP contribution is 2.49. The van der Waals surface area contributed by atoms with E-state index in [9.17, 15) is 9.59 Å². The van der Waals surface area contributed by atoms with E-state index in [1.54, 1.807) is 19.1 Å². The molecule has 6 nitrogen and oxygen atoms in total. The number of terminal acetylenes is 1. The van der Waals surface area contributed by atoms with Gasteiger partial charge in [-0.25, -0.2) is 4.79 Å². The van der Waals surface area contributed by atoms with Gasteiger partial charge >= 0.3 is 6.09 Å². The average molecular weight is 436 g/mol. The number of carbonyl (C=O) groups is 2. The second-order valence-corrected chi connectivity index (χ2v) is 9.33. The normalized spacial score (nSPS) is 24.6. The second kappa shape index (κ2) is 11.2. The van der Waals surface area contributed by atoms with Gasteiger partial charge in [-0.2, -0.15) is 0 Å². The average Bonchev–Trinajstić information content (AvgIpc) is 3.08. The molecule has 1 saturated heterocycles. The molecule has 1 aliphatic rings. The first-order valence-electron chi connectivity index (χ1n) is 11.2. The Kier molecular flexibility index (Phi) is 9.78. The predicted molar refractivity (Wildman–Crippen MR) is 122 cm³/mol. The number of nitrogens with zero attached hydrogens (tertiary/aromatic N) is 1. The number of methoxy groups -OCH3 is 2. The van der Waals surface area contributed by atoms with Crippen LogP contribution >= 0.6 is 0 Å². The minimum absolute atomic E-state index is 0.0883. The van der Waals surface area contributed by atoms with Crippen molar-refractivity contribution in [1.82, 2.24) is 4.90 Å². The largest absolute Gasteiger partial charge is 0.444 e. The Morgan fingerprint density at radius 2 is 1.94 bits per heavy atom. The summed E-state index contributed by atoms with van der Waals surface area (Å²) in [4.78, 5) is 27.9. The Balaban J connectivity index is 3.49. The van der Waals surface area contributed by atoms with E-state index in [1.165, 1.54) is 0 Å². The number of rotatable bonds is 10. The van der Waals surface area contributed by atoms with Crippen LogP contribution < -0.4 is 0 Å². The van der Waals surface area contributed by atoms with Crippen LogP contribution in [-0.2, 0) is 19.0 Å². The van der Waals surface area contributed by atoms with E-state index in [0.717, 1.165) is 6.42 Å². The molecule has 0 aromatic heterocycles. The molecule has 1 rings (SSSR count). The minimum Gasteiger partial charge on any atom is -0.444 e. The summed E-state index contributed by atoms with van der Waals surface area (Å²) in [6.45, 7) is 11.8. The lowest BCUT2D eigenvalue weighted by Crippen LogP contribution is -2.60. The Labute approximate surface area is 188 Å². The molecule has 1 aliphatic heterocycles. The van der Waals surface area contributed by atoms with Gasteiger partial charge in [0.05, 0.1) is 5.60 Å². The lowest BCUT2D eigenvalue weighted by atomic mass is 9.69. The maximum Gasteiger partial charge on any atom is 0.412 e. The summed E-state index contributed by atoms with van der Waals surface area (Å²) in [5, 5.41) is 0. The van der Waals surface area contributed by atoms with E-state index in [0.29, 0.717) is 32.2 Å². The van der Waals surface area contributed by atoms with E-state index in [4.69, 9.17) is 20.6 Å². The third-order valence-electron chi connectivity index (χ3n) is 6.21. The zero-order valence-corrected chi connectivity index (χ0v) is 20.6. The van der Waals surface area contributed by atoms with Gasteiger partial charge in [-0.1, -0.05) is 19.4 Å². The van der Waals surface area contributed by atoms with Crippen LogP contribution in [0, 0.1) is 24.2 Å². The molecular weight excluding hydrogens is 394 g/mol. The fourth-order valence-corrected chi connectivity index (χ4v) is 4.79. The van der Waals surface area contributed by atoms with Crippen molar-refractivity contribution in [2.24, 2.45) is 11.8 Å². The highest BCUT2D eigenvalue weighted by molar-refractivity contribution is 5.82. The van der Waals surface area contributed by atoms with Crippen molar-refractivity contribution in [2.75, 3.05) is 20.8 Å². The Bertz CT molecular complexity index is 689. The molecule has 31 heavy (non-hydrogen) atoms. The molecule has 176 valence electrons. The monoisotopic (exact) mass is 435 g/mol. The summed E-state index contributed by atoms with van der Waals surface area (Å²) in [6.07, 6.45) is 11.5. The first kappa shape index (κ1) is 27.2. The maximum absolute atomic E-state index is 13.2. The molecule has 0 saturated carbocycles. The molecule has 1 amide bonds. The number of likely N-dealkylation sites (tertiary alicyclic amines) is 1. The van der Waals surface area contributed by atoms with E-state index < -0.39 is 23.0 Å². The van der Waals surface area contributed by atoms with Gasteiger partial charge in [-0.15, -0.1) is 12.3 Å². The predicted octanol–water partition coefficient (Wildman–Crippen LogP) is 4.97. The molecule has 1 fully saturated rings. The summed E-state index contributed by atoms with van der Waals surface area (Å²) in [7, 11) is 3.21. The van der Waals surface area contributed by atoms with Gasteiger partial charge in [0.2, 0.25) is 0 Å². The van der Waals surface area contributed by atoms with Gasteiger partial charge in [0.25, 0.3) is 0 Å². The second-order valence-electron chi connectivity index (χ2n) is 9.33. The maximum atomic E-state index is 13.2. The minimum atomic E-state index is -1.08. The summed E-state index contributed by atoms with van der Waals surface area (Å²) < 4.78 is 17.8. The van der Waals surface area contributed by atoms with Crippen LogP contribution in [0.15, 0.2) is 12.2 Å². The summed E-state index contributed by atoms with van der Waals surface area (Å²) in [5.41, 5.74) is -2.57. The van der Waals surface area contributed by atoms with Crippen LogP contribution in [0.25, 0.3) is 0 Å². The quantitative estimate of drug-likeness (QED) is 0.358. The number of Topliss-reactive ketones (excluding diaryl/α,β-unsaturated/α-hetero) is 1. The fourth-order valence-electron chi connectivity index (χ4n) is 4.79. The van der Waals surface area contributed by atoms with Crippen LogP contribution in [0.3, 0.4) is 0 Å². The van der Waals surface area contributed by atoms with Crippen LogP contribution in [0.5, 0.6) is 0 Å². The molecule has 0 radical (unpaired) electrons. The molecule has 0 aromatic rings. The van der Waals surface area contributed by atoms with Crippen molar-refractivity contribution in [3.63, 3.8) is 0 Å². The van der Waals surface area contributed by atoms with Crippen LogP contribution in [0.1, 0.15) is 73.6 Å². The van der Waals surface area contributed by atoms with E-state index in [-0.39, 0.29) is 17.6 Å². The third-order valence-corrected chi connectivity index (χ3v) is 6.21. The topological polar surface area (TPSA) is 65.1 Å². The van der Waals surface area contributed by atoms with Crippen molar-refractivity contribution in [3.05, 3.63) is 12.2 Å². The molecule has 1 unspecified atom stereocenters. The van der Waals surface area contributed by atoms with Crippen molar-refractivity contribution in [3.8, 4) is 12.3 Å². The lowest BCUT2D eigenvalue weighted by molar-refractivity contribution is -0.180. The summed E-state index contributed by atoms with van der Waals surface area (Å²) in [6, 6.07) is 0. The van der Waals surface area contributed by atoms with Gasteiger partial charge in [0.15, 0.2) is 5.72 Å². The molecule has 0 aromatic carbocycles. The van der Waals surface area contributed by atoms with Gasteiger partial charge < -0.3 is 14.2 Å². The number of ketones is 1. The summed E-state index contributed by atoms with van der Waals surface area (Å²) >= 11 is 0.